The van der Waals surface area contributed by atoms with Crippen molar-refractivity contribution in [3.05, 3.63) is 34.2 Å². The first-order valence-corrected chi connectivity index (χ1v) is 4.94. The first-order valence-electron chi connectivity index (χ1n) is 4.94. The van der Waals surface area contributed by atoms with Crippen molar-refractivity contribution in [3.8, 4) is 0 Å². The van der Waals surface area contributed by atoms with Crippen molar-refractivity contribution in [2.75, 3.05) is 7.05 Å². The van der Waals surface area contributed by atoms with Gasteiger partial charge in [-0.05, 0) is 24.7 Å². The molecule has 1 N–H and O–H groups in total. The summed E-state index contributed by atoms with van der Waals surface area (Å²) in [4.78, 5) is 11.7. The summed E-state index contributed by atoms with van der Waals surface area (Å²) < 4.78 is 3.34. The Morgan fingerprint density at radius 2 is 1.81 bits per heavy atom. The van der Waals surface area contributed by atoms with Crippen molar-refractivity contribution in [1.29, 1.82) is 0 Å². The molecule has 1 heterocycles. The molecule has 0 radical (unpaired) electrons. The van der Waals surface area contributed by atoms with Crippen LogP contribution in [0.1, 0.15) is 5.56 Å². The standard InChI is InChI=1S/C11H15N3O.ClH/c1-12-7-8-4-5-9-10(6-8)14(3)11(15)13(9)2;/h4-6,12H,7H2,1-3H3;1H/p-1. The number of rotatable bonds is 2. The Morgan fingerprint density at radius 1 is 1.19 bits per heavy atom. The average molecular weight is 241 g/mol. The topological polar surface area (TPSA) is 39.0 Å². The Balaban J connectivity index is 0.00000128. The number of aromatic nitrogens is 2. The summed E-state index contributed by atoms with van der Waals surface area (Å²) >= 11 is 0. The van der Waals surface area contributed by atoms with E-state index in [9.17, 15) is 4.79 Å². The molecule has 0 atom stereocenters. The lowest BCUT2D eigenvalue weighted by Gasteiger charge is -2.01. The molecule has 0 amide bonds. The highest BCUT2D eigenvalue weighted by molar-refractivity contribution is 5.76. The minimum absolute atomic E-state index is 0. The minimum Gasteiger partial charge on any atom is -1.00 e. The lowest BCUT2D eigenvalue weighted by molar-refractivity contribution is -0.00000329. The van der Waals surface area contributed by atoms with Gasteiger partial charge in [-0.25, -0.2) is 4.79 Å². The number of hydrogen-bond acceptors (Lipinski definition) is 2. The van der Waals surface area contributed by atoms with Gasteiger partial charge in [0.25, 0.3) is 0 Å². The number of benzene rings is 1. The van der Waals surface area contributed by atoms with Crippen LogP contribution >= 0.6 is 0 Å². The molecule has 2 aromatic rings. The van der Waals surface area contributed by atoms with Gasteiger partial charge in [0.15, 0.2) is 0 Å². The molecule has 2 rings (SSSR count). The number of halogens is 1. The second kappa shape index (κ2) is 4.72. The van der Waals surface area contributed by atoms with Crippen LogP contribution in [-0.2, 0) is 20.6 Å². The van der Waals surface area contributed by atoms with Crippen molar-refractivity contribution < 1.29 is 12.4 Å². The monoisotopic (exact) mass is 240 g/mol. The lowest BCUT2D eigenvalue weighted by Crippen LogP contribution is -3.00. The number of aryl methyl sites for hydroxylation is 2. The van der Waals surface area contributed by atoms with Crippen molar-refractivity contribution in [1.82, 2.24) is 14.5 Å². The molecule has 1 aromatic carbocycles. The zero-order valence-corrected chi connectivity index (χ0v) is 10.4. The smallest absolute Gasteiger partial charge is 0.328 e. The van der Waals surface area contributed by atoms with Crippen molar-refractivity contribution in [2.45, 2.75) is 6.54 Å². The maximum Gasteiger partial charge on any atom is 0.328 e. The molecule has 4 nitrogen and oxygen atoms in total. The van der Waals surface area contributed by atoms with Crippen LogP contribution in [0.4, 0.5) is 0 Å². The van der Waals surface area contributed by atoms with E-state index in [-0.39, 0.29) is 18.1 Å². The van der Waals surface area contributed by atoms with Crippen LogP contribution in [0, 0.1) is 0 Å². The van der Waals surface area contributed by atoms with Gasteiger partial charge in [0, 0.05) is 20.6 Å². The molecule has 1 aromatic heterocycles. The summed E-state index contributed by atoms with van der Waals surface area (Å²) in [6.45, 7) is 0.818. The van der Waals surface area contributed by atoms with Gasteiger partial charge in [-0.3, -0.25) is 9.13 Å². The fourth-order valence-electron chi connectivity index (χ4n) is 1.87. The van der Waals surface area contributed by atoms with E-state index in [0.717, 1.165) is 17.6 Å². The van der Waals surface area contributed by atoms with Gasteiger partial charge in [0.2, 0.25) is 0 Å². The lowest BCUT2D eigenvalue weighted by atomic mass is 10.2. The second-order valence-corrected chi connectivity index (χ2v) is 3.75. The highest BCUT2D eigenvalue weighted by atomic mass is 35.5. The Labute approximate surface area is 100 Å². The summed E-state index contributed by atoms with van der Waals surface area (Å²) in [6, 6.07) is 6.08. The predicted octanol–water partition coefficient (Wildman–Crippen LogP) is -2.40. The molecule has 5 heteroatoms. The molecule has 0 fully saturated rings. The van der Waals surface area contributed by atoms with Crippen molar-refractivity contribution in [3.63, 3.8) is 0 Å². The van der Waals surface area contributed by atoms with Crippen LogP contribution in [0.15, 0.2) is 23.0 Å². The summed E-state index contributed by atoms with van der Waals surface area (Å²) in [5.41, 5.74) is 3.16. The van der Waals surface area contributed by atoms with Gasteiger partial charge in [0.1, 0.15) is 0 Å². The number of nitrogens with zero attached hydrogens (tertiary/aromatic N) is 2. The van der Waals surface area contributed by atoms with E-state index >= 15 is 0 Å². The Hall–Kier alpha value is -1.26. The van der Waals surface area contributed by atoms with E-state index in [4.69, 9.17) is 0 Å². The van der Waals surface area contributed by atoms with Crippen LogP contribution in [0.5, 0.6) is 0 Å². The molecule has 16 heavy (non-hydrogen) atoms. The summed E-state index contributed by atoms with van der Waals surface area (Å²) in [5, 5.41) is 3.10. The average Bonchev–Trinajstić information content (AvgIpc) is 2.45. The molecule has 0 saturated carbocycles. The molecule has 0 bridgehead atoms. The maximum absolute atomic E-state index is 11.7. The minimum atomic E-state index is 0. The maximum atomic E-state index is 11.7. The van der Waals surface area contributed by atoms with Gasteiger partial charge in [-0.1, -0.05) is 6.07 Å². The molecule has 88 valence electrons. The van der Waals surface area contributed by atoms with Gasteiger partial charge in [-0.2, -0.15) is 0 Å². The first-order chi connectivity index (χ1) is 7.15. The van der Waals surface area contributed by atoms with Crippen molar-refractivity contribution >= 4 is 11.0 Å². The molecule has 0 aliphatic rings. The molecule has 0 aliphatic heterocycles. The zero-order chi connectivity index (χ0) is 11.0. The SMILES string of the molecule is CNCc1ccc2c(c1)n(C)c(=O)n2C.[Cl-]. The van der Waals surface area contributed by atoms with Gasteiger partial charge >= 0.3 is 5.69 Å². The Bertz CT molecular complexity index is 556. The van der Waals surface area contributed by atoms with Gasteiger partial charge in [0.05, 0.1) is 11.0 Å². The highest BCUT2D eigenvalue weighted by Gasteiger charge is 2.07. The third-order valence-corrected chi connectivity index (χ3v) is 2.72. The number of hydrogen-bond donors (Lipinski definition) is 1. The first kappa shape index (κ1) is 12.8. The Kier molecular flexibility index (Phi) is 3.78. The fraction of sp³-hybridized carbons (Fsp3) is 0.364. The van der Waals surface area contributed by atoms with Crippen LogP contribution in [0.3, 0.4) is 0 Å². The molecular weight excluding hydrogens is 226 g/mol. The highest BCUT2D eigenvalue weighted by Crippen LogP contribution is 2.13. The van der Waals surface area contributed by atoms with Crippen LogP contribution < -0.4 is 23.4 Å². The zero-order valence-electron chi connectivity index (χ0n) is 9.62. The van der Waals surface area contributed by atoms with E-state index in [0.29, 0.717) is 0 Å². The molecule has 0 saturated heterocycles. The molecular formula is C11H15ClN3O-. The number of nitrogens with one attached hydrogen (secondary N) is 1. The summed E-state index contributed by atoms with van der Waals surface area (Å²) in [5.74, 6) is 0. The summed E-state index contributed by atoms with van der Waals surface area (Å²) in [7, 11) is 5.50. The number of imidazole rings is 1. The van der Waals surface area contributed by atoms with Crippen LogP contribution in [0.2, 0.25) is 0 Å². The predicted molar refractivity (Wildman–Crippen MR) is 60.9 cm³/mol. The molecule has 0 spiro atoms. The third kappa shape index (κ3) is 1.86. The largest absolute Gasteiger partial charge is 1.00 e. The van der Waals surface area contributed by atoms with Gasteiger partial charge < -0.3 is 17.7 Å². The third-order valence-electron chi connectivity index (χ3n) is 2.72. The van der Waals surface area contributed by atoms with E-state index in [2.05, 4.69) is 5.32 Å². The van der Waals surface area contributed by atoms with E-state index in [1.807, 2.05) is 25.2 Å². The van der Waals surface area contributed by atoms with Crippen LogP contribution in [-0.4, -0.2) is 16.2 Å². The summed E-state index contributed by atoms with van der Waals surface area (Å²) in [6.07, 6.45) is 0. The van der Waals surface area contributed by atoms with Gasteiger partial charge in [-0.15, -0.1) is 0 Å². The van der Waals surface area contributed by atoms with Crippen molar-refractivity contribution in [2.24, 2.45) is 14.1 Å². The van der Waals surface area contributed by atoms with E-state index in [1.54, 1.807) is 23.2 Å². The molecule has 0 unspecified atom stereocenters. The molecule has 0 aliphatic carbocycles. The second-order valence-electron chi connectivity index (χ2n) is 3.75. The fourth-order valence-corrected chi connectivity index (χ4v) is 1.87. The van der Waals surface area contributed by atoms with E-state index < -0.39 is 0 Å². The van der Waals surface area contributed by atoms with E-state index in [1.165, 1.54) is 5.56 Å². The quantitative estimate of drug-likeness (QED) is 0.636. The number of fused-ring (bicyclic) bond motifs is 1. The Morgan fingerprint density at radius 3 is 2.44 bits per heavy atom. The normalized spacial score (nSPS) is 10.4. The van der Waals surface area contributed by atoms with Crippen LogP contribution in [0.25, 0.3) is 11.0 Å².